The molecule has 2 aromatic rings. The van der Waals surface area contributed by atoms with Crippen LogP contribution in [0.25, 0.3) is 4.85 Å². The summed E-state index contributed by atoms with van der Waals surface area (Å²) >= 11 is 7.67. The lowest BCUT2D eigenvalue weighted by Crippen LogP contribution is -2.35. The average molecular weight is 333 g/mol. The van der Waals surface area contributed by atoms with Crippen molar-refractivity contribution in [3.63, 3.8) is 0 Å². The Bertz CT molecular complexity index is 697. The summed E-state index contributed by atoms with van der Waals surface area (Å²) in [6, 6.07) is 7.86. The number of halogens is 1. The molecule has 22 heavy (non-hydrogen) atoms. The van der Waals surface area contributed by atoms with E-state index in [2.05, 4.69) is 16.7 Å². The Morgan fingerprint density at radius 1 is 1.27 bits per heavy atom. The highest BCUT2D eigenvalue weighted by molar-refractivity contribution is 7.17. The van der Waals surface area contributed by atoms with Crippen LogP contribution in [0.2, 0.25) is 5.02 Å². The van der Waals surface area contributed by atoms with Gasteiger partial charge in [0.15, 0.2) is 0 Å². The third-order valence-corrected chi connectivity index (χ3v) is 5.32. The van der Waals surface area contributed by atoms with Crippen LogP contribution < -0.4 is 4.90 Å². The van der Waals surface area contributed by atoms with Crippen molar-refractivity contribution in [2.24, 2.45) is 0 Å². The number of morpholine rings is 1. The second kappa shape index (κ2) is 6.70. The number of hydrogen-bond donors (Lipinski definition) is 0. The van der Waals surface area contributed by atoms with E-state index in [1.165, 1.54) is 10.4 Å². The molecule has 114 valence electrons. The van der Waals surface area contributed by atoms with Gasteiger partial charge in [0.25, 0.3) is 0 Å². The van der Waals surface area contributed by atoms with Gasteiger partial charge < -0.3 is 9.64 Å². The maximum atomic E-state index is 7.61. The molecular formula is C17H17ClN2OS. The van der Waals surface area contributed by atoms with Gasteiger partial charge in [-0.3, -0.25) is 0 Å². The van der Waals surface area contributed by atoms with Crippen molar-refractivity contribution in [3.05, 3.63) is 56.7 Å². The van der Waals surface area contributed by atoms with Crippen molar-refractivity contribution < 1.29 is 4.74 Å². The van der Waals surface area contributed by atoms with Crippen LogP contribution in [0, 0.1) is 13.5 Å². The summed E-state index contributed by atoms with van der Waals surface area (Å²) in [5.41, 5.74) is 3.13. The van der Waals surface area contributed by atoms with Gasteiger partial charge in [0.2, 0.25) is 5.69 Å². The molecule has 0 unspecified atom stereocenters. The summed E-state index contributed by atoms with van der Waals surface area (Å²) in [6.07, 6.45) is 0.779. The molecule has 0 bridgehead atoms. The monoisotopic (exact) mass is 332 g/mol. The van der Waals surface area contributed by atoms with Crippen LogP contribution in [0.15, 0.2) is 24.3 Å². The largest absolute Gasteiger partial charge is 0.378 e. The first-order valence-electron chi connectivity index (χ1n) is 7.26. The molecule has 0 atom stereocenters. The van der Waals surface area contributed by atoms with E-state index in [1.807, 2.05) is 24.3 Å². The van der Waals surface area contributed by atoms with Gasteiger partial charge in [0.1, 0.15) is 0 Å². The van der Waals surface area contributed by atoms with Crippen molar-refractivity contribution in [1.82, 2.24) is 0 Å². The molecule has 0 radical (unpaired) electrons. The van der Waals surface area contributed by atoms with E-state index in [4.69, 9.17) is 22.9 Å². The molecule has 0 spiro atoms. The SMILES string of the molecule is [C-]#[N+]c1c(N2CCOCC2)sc(C)c1Cc1ccc(Cl)cc1. The molecule has 3 nitrogen and oxygen atoms in total. The van der Waals surface area contributed by atoms with Crippen LogP contribution in [0.4, 0.5) is 10.7 Å². The molecule has 1 aliphatic heterocycles. The molecule has 1 aromatic carbocycles. The minimum Gasteiger partial charge on any atom is -0.378 e. The third-order valence-electron chi connectivity index (χ3n) is 3.87. The van der Waals surface area contributed by atoms with Crippen LogP contribution in [-0.2, 0) is 11.2 Å². The zero-order valence-electron chi connectivity index (χ0n) is 12.4. The fraction of sp³-hybridized carbons (Fsp3) is 0.353. The lowest BCUT2D eigenvalue weighted by atomic mass is 10.0. The van der Waals surface area contributed by atoms with Gasteiger partial charge in [-0.25, -0.2) is 4.85 Å². The molecule has 1 saturated heterocycles. The first kappa shape index (κ1) is 15.4. The summed E-state index contributed by atoms with van der Waals surface area (Å²) in [4.78, 5) is 7.33. The van der Waals surface area contributed by atoms with E-state index in [9.17, 15) is 0 Å². The minimum absolute atomic E-state index is 0.737. The predicted molar refractivity (Wildman–Crippen MR) is 92.6 cm³/mol. The average Bonchev–Trinajstić information content (AvgIpc) is 2.86. The topological polar surface area (TPSA) is 16.8 Å². The van der Waals surface area contributed by atoms with Gasteiger partial charge in [0.05, 0.1) is 24.8 Å². The van der Waals surface area contributed by atoms with Gasteiger partial charge in [-0.2, -0.15) is 0 Å². The quantitative estimate of drug-likeness (QED) is 0.758. The number of ether oxygens (including phenoxy) is 1. The maximum absolute atomic E-state index is 7.61. The van der Waals surface area contributed by atoms with Crippen LogP contribution in [-0.4, -0.2) is 26.3 Å². The van der Waals surface area contributed by atoms with Crippen molar-refractivity contribution in [2.45, 2.75) is 13.3 Å². The molecule has 1 fully saturated rings. The standard InChI is InChI=1S/C17H17ClN2OS/c1-12-15(11-13-3-5-14(18)6-4-13)16(19-2)17(22-12)20-7-9-21-10-8-20/h3-6H,7-11H2,1H3. The first-order chi connectivity index (χ1) is 10.7. The van der Waals surface area contributed by atoms with Crippen molar-refractivity contribution in [2.75, 3.05) is 31.2 Å². The number of hydrogen-bond acceptors (Lipinski definition) is 3. The Hall–Kier alpha value is -1.54. The van der Waals surface area contributed by atoms with E-state index in [-0.39, 0.29) is 0 Å². The van der Waals surface area contributed by atoms with Gasteiger partial charge in [-0.15, -0.1) is 11.3 Å². The lowest BCUT2D eigenvalue weighted by molar-refractivity contribution is 0.123. The van der Waals surface area contributed by atoms with E-state index < -0.39 is 0 Å². The Balaban J connectivity index is 1.92. The number of rotatable bonds is 3. The maximum Gasteiger partial charge on any atom is 0.224 e. The lowest BCUT2D eigenvalue weighted by Gasteiger charge is -2.28. The molecular weight excluding hydrogens is 316 g/mol. The molecule has 0 aliphatic carbocycles. The molecule has 0 amide bonds. The number of anilines is 1. The van der Waals surface area contributed by atoms with E-state index >= 15 is 0 Å². The summed E-state index contributed by atoms with van der Waals surface area (Å²) in [7, 11) is 0. The summed E-state index contributed by atoms with van der Waals surface area (Å²) in [6.45, 7) is 12.9. The fourth-order valence-electron chi connectivity index (χ4n) is 2.66. The number of nitrogens with zero attached hydrogens (tertiary/aromatic N) is 2. The Labute approximate surface area is 139 Å². The van der Waals surface area contributed by atoms with Crippen molar-refractivity contribution >= 4 is 33.6 Å². The van der Waals surface area contributed by atoms with E-state index in [1.54, 1.807) is 11.3 Å². The van der Waals surface area contributed by atoms with Crippen LogP contribution in [0.3, 0.4) is 0 Å². The predicted octanol–water partition coefficient (Wildman–Crippen LogP) is 4.69. The second-order valence-corrected chi connectivity index (χ2v) is 6.94. The van der Waals surface area contributed by atoms with E-state index in [0.29, 0.717) is 0 Å². The molecule has 0 N–H and O–H groups in total. The number of aryl methyl sites for hydroxylation is 1. The summed E-state index contributed by atoms with van der Waals surface area (Å²) in [5, 5.41) is 1.84. The molecule has 2 heterocycles. The van der Waals surface area contributed by atoms with Crippen LogP contribution >= 0.6 is 22.9 Å². The van der Waals surface area contributed by atoms with Gasteiger partial charge >= 0.3 is 0 Å². The van der Waals surface area contributed by atoms with Gasteiger partial charge in [-0.1, -0.05) is 23.7 Å². The zero-order chi connectivity index (χ0) is 15.5. The second-order valence-electron chi connectivity index (χ2n) is 5.31. The highest BCUT2D eigenvalue weighted by atomic mass is 35.5. The Morgan fingerprint density at radius 3 is 2.59 bits per heavy atom. The normalized spacial score (nSPS) is 14.9. The third kappa shape index (κ3) is 3.12. The molecule has 1 aromatic heterocycles. The Morgan fingerprint density at radius 2 is 1.95 bits per heavy atom. The summed E-state index contributed by atoms with van der Waals surface area (Å²) < 4.78 is 5.41. The minimum atomic E-state index is 0.737. The smallest absolute Gasteiger partial charge is 0.224 e. The highest BCUT2D eigenvalue weighted by Crippen LogP contribution is 2.43. The highest BCUT2D eigenvalue weighted by Gasteiger charge is 2.22. The zero-order valence-corrected chi connectivity index (χ0v) is 14.0. The molecule has 3 rings (SSSR count). The van der Waals surface area contributed by atoms with Gasteiger partial charge in [-0.05, 0) is 41.5 Å². The number of benzene rings is 1. The molecule has 1 aliphatic rings. The van der Waals surface area contributed by atoms with Crippen molar-refractivity contribution in [3.8, 4) is 0 Å². The fourth-order valence-corrected chi connectivity index (χ4v) is 3.95. The van der Waals surface area contributed by atoms with Crippen LogP contribution in [0.1, 0.15) is 16.0 Å². The van der Waals surface area contributed by atoms with Crippen molar-refractivity contribution in [1.29, 1.82) is 0 Å². The number of thiophene rings is 1. The first-order valence-corrected chi connectivity index (χ1v) is 8.45. The molecule has 5 heteroatoms. The van der Waals surface area contributed by atoms with Gasteiger partial charge in [0, 0.05) is 18.1 Å². The van der Waals surface area contributed by atoms with E-state index in [0.717, 1.165) is 54.0 Å². The Kier molecular flexibility index (Phi) is 4.68. The summed E-state index contributed by atoms with van der Waals surface area (Å²) in [5.74, 6) is 0. The molecule has 0 saturated carbocycles. The van der Waals surface area contributed by atoms with Crippen LogP contribution in [0.5, 0.6) is 0 Å².